The minimum Gasteiger partial charge on any atom is -0.497 e. The normalized spacial score (nSPS) is 9.50. The van der Waals surface area contributed by atoms with E-state index in [1.54, 1.807) is 32.4 Å². The Morgan fingerprint density at radius 3 is 2.40 bits per heavy atom. The molecule has 1 amide bonds. The van der Waals surface area contributed by atoms with Crippen LogP contribution in [0.25, 0.3) is 0 Å². The molecule has 0 atom stereocenters. The van der Waals surface area contributed by atoms with Gasteiger partial charge in [0.2, 0.25) is 0 Å². The Morgan fingerprint density at radius 2 is 1.85 bits per heavy atom. The lowest BCUT2D eigenvalue weighted by Crippen LogP contribution is -2.10. The number of amides is 1. The average Bonchev–Trinajstić information content (AvgIpc) is 2.93. The van der Waals surface area contributed by atoms with Crippen molar-refractivity contribution in [1.29, 1.82) is 0 Å². The molecule has 0 aliphatic carbocycles. The number of hydrogen-bond acceptors (Lipinski definition) is 5. The van der Waals surface area contributed by atoms with E-state index in [1.165, 1.54) is 16.8 Å². The minimum atomic E-state index is -0.528. The van der Waals surface area contributed by atoms with Gasteiger partial charge in [-0.1, -0.05) is 5.92 Å². The quantitative estimate of drug-likeness (QED) is 0.872. The zero-order valence-corrected chi connectivity index (χ0v) is 11.8. The number of rotatable bonds is 3. The molecule has 0 saturated carbocycles. The topological polar surface area (TPSA) is 74.4 Å². The van der Waals surface area contributed by atoms with Gasteiger partial charge in [0.05, 0.1) is 19.7 Å². The van der Waals surface area contributed by atoms with Crippen LogP contribution in [0.4, 0.5) is 0 Å². The second-order valence-electron chi connectivity index (χ2n) is 3.75. The summed E-state index contributed by atoms with van der Waals surface area (Å²) < 4.78 is 10.3. The molecule has 0 aliphatic heterocycles. The van der Waals surface area contributed by atoms with Gasteiger partial charge in [0.15, 0.2) is 0 Å². The van der Waals surface area contributed by atoms with Gasteiger partial charge in [0.1, 0.15) is 22.1 Å². The zero-order chi connectivity index (χ0) is 14.5. The maximum atomic E-state index is 11.2. The maximum absolute atomic E-state index is 11.2. The molecule has 1 aromatic heterocycles. The smallest absolute Gasteiger partial charge is 0.261 e. The van der Waals surface area contributed by atoms with Crippen LogP contribution in [0.2, 0.25) is 0 Å². The maximum Gasteiger partial charge on any atom is 0.261 e. The van der Waals surface area contributed by atoms with E-state index in [1.807, 2.05) is 0 Å². The summed E-state index contributed by atoms with van der Waals surface area (Å²) in [6.07, 6.45) is 0. The SMILES string of the molecule is COc1cc(C#Cc2ncsc2C(N)=O)cc(OC)c1. The van der Waals surface area contributed by atoms with Crippen LogP contribution in [0.1, 0.15) is 20.9 Å². The van der Waals surface area contributed by atoms with Crippen LogP contribution < -0.4 is 15.2 Å². The van der Waals surface area contributed by atoms with E-state index in [0.717, 1.165) is 0 Å². The fourth-order valence-electron chi connectivity index (χ4n) is 1.52. The van der Waals surface area contributed by atoms with Gasteiger partial charge in [0, 0.05) is 11.6 Å². The molecular weight excluding hydrogens is 276 g/mol. The van der Waals surface area contributed by atoms with E-state index in [4.69, 9.17) is 15.2 Å². The van der Waals surface area contributed by atoms with Gasteiger partial charge in [-0.2, -0.15) is 0 Å². The summed E-state index contributed by atoms with van der Waals surface area (Å²) in [6.45, 7) is 0. The Morgan fingerprint density at radius 1 is 1.20 bits per heavy atom. The number of carbonyl (C=O) groups is 1. The first-order chi connectivity index (χ1) is 9.63. The second kappa shape index (κ2) is 6.08. The van der Waals surface area contributed by atoms with Gasteiger partial charge in [-0.15, -0.1) is 11.3 Å². The van der Waals surface area contributed by atoms with Crippen molar-refractivity contribution in [2.45, 2.75) is 0 Å². The predicted molar refractivity (Wildman–Crippen MR) is 76.2 cm³/mol. The summed E-state index contributed by atoms with van der Waals surface area (Å²) in [7, 11) is 3.13. The van der Waals surface area contributed by atoms with Crippen LogP contribution in [0.5, 0.6) is 11.5 Å². The monoisotopic (exact) mass is 288 g/mol. The Hall–Kier alpha value is -2.52. The summed E-state index contributed by atoms with van der Waals surface area (Å²) in [5.74, 6) is 6.50. The Balaban J connectivity index is 2.37. The molecule has 1 heterocycles. The van der Waals surface area contributed by atoms with Crippen molar-refractivity contribution in [3.63, 3.8) is 0 Å². The minimum absolute atomic E-state index is 0.354. The lowest BCUT2D eigenvalue weighted by atomic mass is 10.2. The molecule has 1 aromatic carbocycles. The average molecular weight is 288 g/mol. The third-order valence-corrected chi connectivity index (χ3v) is 3.31. The molecule has 0 aliphatic rings. The van der Waals surface area contributed by atoms with Crippen molar-refractivity contribution in [3.8, 4) is 23.3 Å². The number of ether oxygens (including phenoxy) is 2. The van der Waals surface area contributed by atoms with Crippen LogP contribution >= 0.6 is 11.3 Å². The lowest BCUT2D eigenvalue weighted by Gasteiger charge is -2.04. The molecule has 2 rings (SSSR count). The van der Waals surface area contributed by atoms with Crippen LogP contribution in [-0.4, -0.2) is 25.1 Å². The van der Waals surface area contributed by atoms with E-state index in [9.17, 15) is 4.79 Å². The number of methoxy groups -OCH3 is 2. The molecule has 20 heavy (non-hydrogen) atoms. The van der Waals surface area contributed by atoms with Gasteiger partial charge in [-0.05, 0) is 18.1 Å². The number of aromatic nitrogens is 1. The van der Waals surface area contributed by atoms with Gasteiger partial charge >= 0.3 is 0 Å². The molecule has 0 radical (unpaired) electrons. The van der Waals surface area contributed by atoms with Gasteiger partial charge in [-0.3, -0.25) is 4.79 Å². The first-order valence-electron chi connectivity index (χ1n) is 5.62. The molecule has 2 aromatic rings. The highest BCUT2D eigenvalue weighted by molar-refractivity contribution is 7.11. The number of carbonyl (C=O) groups excluding carboxylic acids is 1. The molecule has 6 heteroatoms. The molecule has 5 nitrogen and oxygen atoms in total. The highest BCUT2D eigenvalue weighted by Gasteiger charge is 2.09. The third kappa shape index (κ3) is 3.08. The van der Waals surface area contributed by atoms with E-state index >= 15 is 0 Å². The fraction of sp³-hybridized carbons (Fsp3) is 0.143. The van der Waals surface area contributed by atoms with Crippen molar-refractivity contribution in [2.75, 3.05) is 14.2 Å². The standard InChI is InChI=1S/C14H12N2O3S/c1-18-10-5-9(6-11(7-10)19-2)3-4-12-13(14(15)17)20-8-16-12/h5-8H,1-2H3,(H2,15,17). The van der Waals surface area contributed by atoms with E-state index < -0.39 is 5.91 Å². The number of benzene rings is 1. The summed E-state index contributed by atoms with van der Waals surface area (Å²) in [5.41, 5.74) is 7.86. The van der Waals surface area contributed by atoms with Crippen LogP contribution in [-0.2, 0) is 0 Å². The molecule has 0 spiro atoms. The number of primary amides is 1. The lowest BCUT2D eigenvalue weighted by molar-refractivity contribution is 0.100. The van der Waals surface area contributed by atoms with E-state index in [0.29, 0.717) is 27.6 Å². The Kier molecular flexibility index (Phi) is 4.23. The van der Waals surface area contributed by atoms with Crippen LogP contribution in [0, 0.1) is 11.8 Å². The predicted octanol–water partition coefficient (Wildman–Crippen LogP) is 1.66. The third-order valence-electron chi connectivity index (χ3n) is 2.47. The molecular formula is C14H12N2O3S. The van der Waals surface area contributed by atoms with Crippen molar-refractivity contribution in [1.82, 2.24) is 4.98 Å². The van der Waals surface area contributed by atoms with Gasteiger partial charge < -0.3 is 15.2 Å². The number of thiazole rings is 1. The fourth-order valence-corrected chi connectivity index (χ4v) is 2.12. The van der Waals surface area contributed by atoms with Gasteiger partial charge in [0.25, 0.3) is 5.91 Å². The highest BCUT2D eigenvalue weighted by atomic mass is 32.1. The Labute approximate surface area is 120 Å². The molecule has 0 fully saturated rings. The number of hydrogen-bond donors (Lipinski definition) is 1. The van der Waals surface area contributed by atoms with Gasteiger partial charge in [-0.25, -0.2) is 4.98 Å². The first-order valence-corrected chi connectivity index (χ1v) is 6.50. The van der Waals surface area contributed by atoms with Crippen LogP contribution in [0.15, 0.2) is 23.7 Å². The Bertz CT molecular complexity index is 676. The number of nitrogens with zero attached hydrogens (tertiary/aromatic N) is 1. The van der Waals surface area contributed by atoms with E-state index in [-0.39, 0.29) is 0 Å². The van der Waals surface area contributed by atoms with Crippen molar-refractivity contribution >= 4 is 17.2 Å². The first kappa shape index (κ1) is 13.9. The molecule has 0 bridgehead atoms. The van der Waals surface area contributed by atoms with E-state index in [2.05, 4.69) is 16.8 Å². The molecule has 102 valence electrons. The number of nitrogens with two attached hydrogens (primary N) is 1. The largest absolute Gasteiger partial charge is 0.497 e. The molecule has 2 N–H and O–H groups in total. The highest BCUT2D eigenvalue weighted by Crippen LogP contribution is 2.22. The summed E-state index contributed by atoms with van der Waals surface area (Å²) >= 11 is 1.17. The van der Waals surface area contributed by atoms with Crippen LogP contribution in [0.3, 0.4) is 0 Å². The molecule has 0 saturated heterocycles. The molecule has 0 unspecified atom stereocenters. The summed E-state index contributed by atoms with van der Waals surface area (Å²) in [4.78, 5) is 15.6. The summed E-state index contributed by atoms with van der Waals surface area (Å²) in [5, 5.41) is 0. The second-order valence-corrected chi connectivity index (χ2v) is 4.60. The summed E-state index contributed by atoms with van der Waals surface area (Å²) in [6, 6.07) is 5.29. The van der Waals surface area contributed by atoms with Crippen molar-refractivity contribution < 1.29 is 14.3 Å². The zero-order valence-electron chi connectivity index (χ0n) is 11.0. The van der Waals surface area contributed by atoms with Crippen molar-refractivity contribution in [2.24, 2.45) is 5.73 Å². The van der Waals surface area contributed by atoms with Crippen molar-refractivity contribution in [3.05, 3.63) is 39.8 Å².